The van der Waals surface area contributed by atoms with Gasteiger partial charge in [0.1, 0.15) is 22.7 Å². The van der Waals surface area contributed by atoms with Crippen molar-refractivity contribution in [1.82, 2.24) is 19.1 Å². The summed E-state index contributed by atoms with van der Waals surface area (Å²) >= 11 is 0. The lowest BCUT2D eigenvalue weighted by molar-refractivity contribution is 0.327. The first-order chi connectivity index (χ1) is 20.0. The molecular weight excluding hydrogens is 552 g/mol. The lowest BCUT2D eigenvalue weighted by Crippen LogP contribution is -2.01. The number of fused-ring (bicyclic) bond motifs is 6. The predicted octanol–water partition coefficient (Wildman–Crippen LogP) is 3.73. The minimum atomic E-state index is -1.15. The van der Waals surface area contributed by atoms with Crippen molar-refractivity contribution in [2.75, 3.05) is 0 Å². The number of phenolic OH excluding ortho intramolecular Hbond substituents is 10. The molecule has 0 unspecified atom stereocenters. The van der Waals surface area contributed by atoms with Gasteiger partial charge in [0, 0.05) is 22.4 Å². The van der Waals surface area contributed by atoms with Gasteiger partial charge in [-0.1, -0.05) is 18.2 Å². The first-order valence-electron chi connectivity index (χ1n) is 12.1. The molecule has 42 heavy (non-hydrogen) atoms. The van der Waals surface area contributed by atoms with Crippen molar-refractivity contribution in [3.05, 3.63) is 48.7 Å². The van der Waals surface area contributed by atoms with Crippen LogP contribution in [0.5, 0.6) is 57.5 Å². The van der Waals surface area contributed by atoms with Crippen LogP contribution in [-0.4, -0.2) is 70.2 Å². The van der Waals surface area contributed by atoms with Crippen molar-refractivity contribution in [3.8, 4) is 68.9 Å². The van der Waals surface area contributed by atoms with E-state index in [0.717, 1.165) is 0 Å². The Morgan fingerprint density at radius 2 is 0.905 bits per heavy atom. The molecule has 0 saturated carbocycles. The van der Waals surface area contributed by atoms with Gasteiger partial charge in [-0.3, -0.25) is 14.1 Å². The SMILES string of the molecule is Oc1c(O)c(O)c(-n2c3ccccc3c3cc4c5ncccc5n(-c5c(O)c(O)c(O)c(O)c5O)c4nc32)c(O)c1O. The van der Waals surface area contributed by atoms with Gasteiger partial charge < -0.3 is 51.1 Å². The van der Waals surface area contributed by atoms with Crippen molar-refractivity contribution >= 4 is 44.0 Å². The Morgan fingerprint density at radius 1 is 0.452 bits per heavy atom. The highest BCUT2D eigenvalue weighted by Gasteiger charge is 2.31. The standard InChI is InChI=1S/C28H18N4O10/c33-17-15(18(34)22(38)25(41)21(17)37)31-12-5-2-1-4-9(12)10-8-11-14-13(6-3-7-29-14)32(28(11)30-27(10)31)16-19(35)23(39)26(42)24(40)20(16)36/h1-8,33-42H. The molecule has 0 saturated heterocycles. The maximum Gasteiger partial charge on any atom is 0.208 e. The second-order valence-corrected chi connectivity index (χ2v) is 9.47. The zero-order valence-electron chi connectivity index (χ0n) is 20.9. The van der Waals surface area contributed by atoms with Crippen LogP contribution in [0.3, 0.4) is 0 Å². The maximum absolute atomic E-state index is 10.8. The molecule has 4 aromatic heterocycles. The highest BCUT2D eigenvalue weighted by molar-refractivity contribution is 6.16. The van der Waals surface area contributed by atoms with Crippen LogP contribution in [0, 0.1) is 0 Å². The van der Waals surface area contributed by atoms with Gasteiger partial charge in [0.2, 0.25) is 34.5 Å². The molecule has 10 N–H and O–H groups in total. The van der Waals surface area contributed by atoms with Crippen molar-refractivity contribution in [3.63, 3.8) is 0 Å². The third kappa shape index (κ3) is 2.86. The number of phenols is 10. The summed E-state index contributed by atoms with van der Waals surface area (Å²) in [6.45, 7) is 0. The summed E-state index contributed by atoms with van der Waals surface area (Å²) < 4.78 is 2.39. The lowest BCUT2D eigenvalue weighted by Gasteiger charge is -2.16. The summed E-state index contributed by atoms with van der Waals surface area (Å²) in [5.41, 5.74) is -0.129. The Kier molecular flexibility index (Phi) is 4.71. The van der Waals surface area contributed by atoms with Gasteiger partial charge in [-0.2, -0.15) is 0 Å². The second kappa shape index (κ2) is 8.04. The third-order valence-corrected chi connectivity index (χ3v) is 7.26. The van der Waals surface area contributed by atoms with Crippen LogP contribution < -0.4 is 0 Å². The van der Waals surface area contributed by atoms with E-state index >= 15 is 0 Å². The van der Waals surface area contributed by atoms with E-state index in [1.807, 2.05) is 0 Å². The molecule has 0 aliphatic rings. The summed E-state index contributed by atoms with van der Waals surface area (Å²) in [5, 5.41) is 106. The molecular formula is C28H18N4O10. The van der Waals surface area contributed by atoms with Crippen LogP contribution in [0.2, 0.25) is 0 Å². The monoisotopic (exact) mass is 570 g/mol. The molecule has 210 valence electrons. The third-order valence-electron chi connectivity index (χ3n) is 7.26. The number of aromatic nitrogens is 4. The van der Waals surface area contributed by atoms with Crippen molar-refractivity contribution < 1.29 is 51.1 Å². The summed E-state index contributed by atoms with van der Waals surface area (Å²) in [4.78, 5) is 9.13. The maximum atomic E-state index is 10.8. The van der Waals surface area contributed by atoms with Crippen molar-refractivity contribution in [2.24, 2.45) is 0 Å². The Hall–Kier alpha value is -6.44. The lowest BCUT2D eigenvalue weighted by atomic mass is 10.1. The fraction of sp³-hybridized carbons (Fsp3) is 0. The summed E-state index contributed by atoms with van der Waals surface area (Å²) in [6.07, 6.45) is 1.49. The summed E-state index contributed by atoms with van der Waals surface area (Å²) in [5.74, 6) is -10.6. The van der Waals surface area contributed by atoms with Crippen molar-refractivity contribution in [1.29, 1.82) is 0 Å². The Labute approximate surface area is 231 Å². The second-order valence-electron chi connectivity index (χ2n) is 9.47. The molecule has 0 aliphatic heterocycles. The number of aromatic hydroxyl groups is 10. The molecule has 7 aromatic rings. The Morgan fingerprint density at radius 3 is 1.48 bits per heavy atom. The number of pyridine rings is 2. The molecule has 0 radical (unpaired) electrons. The molecule has 0 amide bonds. The first-order valence-corrected chi connectivity index (χ1v) is 12.1. The van der Waals surface area contributed by atoms with Gasteiger partial charge in [-0.05, 0) is 24.3 Å². The van der Waals surface area contributed by atoms with E-state index in [1.165, 1.54) is 15.3 Å². The topological polar surface area (TPSA) is 238 Å². The minimum Gasteiger partial charge on any atom is -0.503 e. The molecule has 14 nitrogen and oxygen atoms in total. The zero-order chi connectivity index (χ0) is 29.8. The largest absolute Gasteiger partial charge is 0.503 e. The highest BCUT2D eigenvalue weighted by Crippen LogP contribution is 2.55. The van der Waals surface area contributed by atoms with E-state index in [9.17, 15) is 51.1 Å². The van der Waals surface area contributed by atoms with Crippen molar-refractivity contribution in [2.45, 2.75) is 0 Å². The zero-order valence-corrected chi connectivity index (χ0v) is 20.9. The average Bonchev–Trinajstić information content (AvgIpc) is 3.49. The van der Waals surface area contributed by atoms with Crippen LogP contribution in [0.4, 0.5) is 0 Å². The van der Waals surface area contributed by atoms with Crippen LogP contribution in [0.15, 0.2) is 48.7 Å². The van der Waals surface area contributed by atoms with E-state index in [1.54, 1.807) is 42.5 Å². The molecule has 7 rings (SSSR count). The molecule has 0 bridgehead atoms. The number of para-hydroxylation sites is 1. The highest BCUT2D eigenvalue weighted by atomic mass is 16.4. The quantitative estimate of drug-likeness (QED) is 0.106. The Bertz CT molecular complexity index is 2110. The van der Waals surface area contributed by atoms with Gasteiger partial charge in [-0.25, -0.2) is 4.98 Å². The van der Waals surface area contributed by atoms with E-state index in [-0.39, 0.29) is 16.8 Å². The van der Waals surface area contributed by atoms with E-state index in [0.29, 0.717) is 27.2 Å². The molecule has 14 heteroatoms. The Balaban J connectivity index is 1.73. The fourth-order valence-electron chi connectivity index (χ4n) is 5.34. The fourth-order valence-corrected chi connectivity index (χ4v) is 5.34. The van der Waals surface area contributed by atoms with Crippen LogP contribution >= 0.6 is 0 Å². The van der Waals surface area contributed by atoms with Crippen LogP contribution in [-0.2, 0) is 0 Å². The molecule has 4 heterocycles. The van der Waals surface area contributed by atoms with Gasteiger partial charge in [0.25, 0.3) is 0 Å². The smallest absolute Gasteiger partial charge is 0.208 e. The minimum absolute atomic E-state index is 0.0125. The number of rotatable bonds is 2. The number of hydrogen-bond acceptors (Lipinski definition) is 12. The molecule has 0 fully saturated rings. The van der Waals surface area contributed by atoms with E-state index in [4.69, 9.17) is 4.98 Å². The van der Waals surface area contributed by atoms with E-state index < -0.39 is 68.9 Å². The molecule has 0 aliphatic carbocycles. The number of hydrogen-bond donors (Lipinski definition) is 10. The van der Waals surface area contributed by atoms with Gasteiger partial charge in [0.15, 0.2) is 23.0 Å². The number of benzene rings is 3. The predicted molar refractivity (Wildman–Crippen MR) is 147 cm³/mol. The molecule has 0 atom stereocenters. The summed E-state index contributed by atoms with van der Waals surface area (Å²) in [7, 11) is 0. The number of nitrogens with zero attached hydrogens (tertiary/aromatic N) is 4. The average molecular weight is 570 g/mol. The normalized spacial score (nSPS) is 11.8. The summed E-state index contributed by atoms with van der Waals surface area (Å²) in [6, 6.07) is 11.5. The molecule has 3 aromatic carbocycles. The van der Waals surface area contributed by atoms with Crippen LogP contribution in [0.1, 0.15) is 0 Å². The van der Waals surface area contributed by atoms with Gasteiger partial charge >= 0.3 is 0 Å². The first kappa shape index (κ1) is 24.6. The van der Waals surface area contributed by atoms with Gasteiger partial charge in [-0.15, -0.1) is 0 Å². The molecule has 0 spiro atoms. The van der Waals surface area contributed by atoms with Gasteiger partial charge in [0.05, 0.1) is 16.6 Å². The van der Waals surface area contributed by atoms with Crippen LogP contribution in [0.25, 0.3) is 55.4 Å². The van der Waals surface area contributed by atoms with E-state index in [2.05, 4.69) is 4.98 Å².